The summed E-state index contributed by atoms with van der Waals surface area (Å²) in [5.41, 5.74) is 1.13. The van der Waals surface area contributed by atoms with E-state index in [1.54, 1.807) is 0 Å². The Morgan fingerprint density at radius 2 is 2.21 bits per heavy atom. The van der Waals surface area contributed by atoms with Crippen LogP contribution in [0.5, 0.6) is 0 Å². The van der Waals surface area contributed by atoms with Gasteiger partial charge in [0.25, 0.3) is 0 Å². The van der Waals surface area contributed by atoms with Gasteiger partial charge in [-0.2, -0.15) is 0 Å². The van der Waals surface area contributed by atoms with Gasteiger partial charge in [-0.15, -0.1) is 0 Å². The number of benzene rings is 1. The third kappa shape index (κ3) is 3.96. The van der Waals surface area contributed by atoms with Crippen LogP contribution >= 0.6 is 27.5 Å². The van der Waals surface area contributed by atoms with Gasteiger partial charge in [-0.3, -0.25) is 0 Å². The molecule has 1 aromatic carbocycles. The molecule has 1 rings (SSSR count). The van der Waals surface area contributed by atoms with Crippen LogP contribution in [0.2, 0.25) is 5.02 Å². The Balaban J connectivity index is 2.45. The fraction of sp³-hybridized carbons (Fsp3) is 0.400. The van der Waals surface area contributed by atoms with Crippen LogP contribution in [0, 0.1) is 0 Å². The average molecular weight is 279 g/mol. The van der Waals surface area contributed by atoms with E-state index in [4.69, 9.17) is 16.7 Å². The van der Waals surface area contributed by atoms with Crippen LogP contribution in [-0.2, 0) is 6.54 Å². The van der Waals surface area contributed by atoms with Crippen LogP contribution in [0.4, 0.5) is 0 Å². The van der Waals surface area contributed by atoms with E-state index in [9.17, 15) is 0 Å². The topological polar surface area (TPSA) is 32.3 Å². The molecule has 0 aliphatic rings. The molecule has 0 unspecified atom stereocenters. The van der Waals surface area contributed by atoms with Crippen molar-refractivity contribution < 1.29 is 5.11 Å². The minimum absolute atomic E-state index is 0.226. The molecule has 14 heavy (non-hydrogen) atoms. The molecule has 1 aromatic rings. The van der Waals surface area contributed by atoms with E-state index in [2.05, 4.69) is 21.2 Å². The number of rotatable bonds is 5. The second-order valence-corrected chi connectivity index (χ2v) is 4.28. The minimum atomic E-state index is 0.226. The number of nitrogens with one attached hydrogen (secondary N) is 1. The Hall–Kier alpha value is -0.0900. The molecule has 0 saturated heterocycles. The predicted octanol–water partition coefficient (Wildman–Crippen LogP) is 2.57. The van der Waals surface area contributed by atoms with Crippen molar-refractivity contribution in [2.45, 2.75) is 13.0 Å². The Morgan fingerprint density at radius 3 is 2.93 bits per heavy atom. The smallest absolute Gasteiger partial charge is 0.0443 e. The van der Waals surface area contributed by atoms with Crippen molar-refractivity contribution in [3.8, 4) is 0 Å². The van der Waals surface area contributed by atoms with E-state index < -0.39 is 0 Å². The minimum Gasteiger partial charge on any atom is -0.396 e. The van der Waals surface area contributed by atoms with Crippen molar-refractivity contribution in [3.63, 3.8) is 0 Å². The van der Waals surface area contributed by atoms with Gasteiger partial charge < -0.3 is 10.4 Å². The largest absolute Gasteiger partial charge is 0.396 e. The second-order valence-electron chi connectivity index (χ2n) is 2.99. The maximum atomic E-state index is 8.59. The monoisotopic (exact) mass is 277 g/mol. The molecular weight excluding hydrogens is 265 g/mol. The average Bonchev–Trinajstić information content (AvgIpc) is 2.18. The Labute approximate surface area is 97.4 Å². The van der Waals surface area contributed by atoms with E-state index >= 15 is 0 Å². The summed E-state index contributed by atoms with van der Waals surface area (Å²) < 4.78 is 1.05. The highest BCUT2D eigenvalue weighted by Gasteiger charge is 1.99. The lowest BCUT2D eigenvalue weighted by Crippen LogP contribution is -2.15. The lowest BCUT2D eigenvalue weighted by atomic mass is 10.2. The van der Waals surface area contributed by atoms with E-state index in [1.165, 1.54) is 0 Å². The molecule has 2 nitrogen and oxygen atoms in total. The summed E-state index contributed by atoms with van der Waals surface area (Å²) in [5, 5.41) is 12.6. The normalized spacial score (nSPS) is 10.5. The first kappa shape index (κ1) is 12.0. The number of hydrogen-bond acceptors (Lipinski definition) is 2. The fourth-order valence-corrected chi connectivity index (χ4v) is 1.69. The molecule has 0 atom stereocenters. The van der Waals surface area contributed by atoms with Crippen molar-refractivity contribution >= 4 is 27.5 Å². The zero-order chi connectivity index (χ0) is 10.4. The van der Waals surface area contributed by atoms with Crippen molar-refractivity contribution in [1.82, 2.24) is 5.32 Å². The van der Waals surface area contributed by atoms with Gasteiger partial charge in [0.15, 0.2) is 0 Å². The number of aliphatic hydroxyl groups excluding tert-OH is 1. The second kappa shape index (κ2) is 6.40. The zero-order valence-corrected chi connectivity index (χ0v) is 10.1. The van der Waals surface area contributed by atoms with Crippen molar-refractivity contribution in [3.05, 3.63) is 33.3 Å². The van der Waals surface area contributed by atoms with Crippen LogP contribution in [0.3, 0.4) is 0 Å². The molecule has 0 saturated carbocycles. The Kier molecular flexibility index (Phi) is 5.48. The maximum absolute atomic E-state index is 8.59. The Morgan fingerprint density at radius 1 is 1.43 bits per heavy atom. The first-order valence-electron chi connectivity index (χ1n) is 4.49. The summed E-state index contributed by atoms with van der Waals surface area (Å²) in [7, 11) is 0. The summed E-state index contributed by atoms with van der Waals surface area (Å²) in [4.78, 5) is 0. The molecule has 0 aromatic heterocycles. The summed E-state index contributed by atoms with van der Waals surface area (Å²) in [6, 6.07) is 5.71. The molecule has 0 heterocycles. The van der Waals surface area contributed by atoms with E-state index in [-0.39, 0.29) is 6.61 Å². The number of hydrogen-bond donors (Lipinski definition) is 2. The van der Waals surface area contributed by atoms with Gasteiger partial charge in [-0.25, -0.2) is 0 Å². The van der Waals surface area contributed by atoms with E-state index in [0.717, 1.165) is 34.6 Å². The van der Waals surface area contributed by atoms with Crippen molar-refractivity contribution in [2.75, 3.05) is 13.2 Å². The molecule has 2 N–H and O–H groups in total. The fourth-order valence-electron chi connectivity index (χ4n) is 1.11. The van der Waals surface area contributed by atoms with Gasteiger partial charge in [-0.05, 0) is 36.7 Å². The maximum Gasteiger partial charge on any atom is 0.0443 e. The molecule has 0 radical (unpaired) electrons. The van der Waals surface area contributed by atoms with Crippen LogP contribution in [0.1, 0.15) is 12.0 Å². The molecule has 0 aliphatic heterocycles. The molecule has 0 amide bonds. The van der Waals surface area contributed by atoms with Gasteiger partial charge in [0.2, 0.25) is 0 Å². The standard InChI is InChI=1S/C10H13BrClNO/c11-10-3-2-9(12)6-8(10)7-13-4-1-5-14/h2-3,6,13-14H,1,4-5,7H2. The van der Waals surface area contributed by atoms with Crippen LogP contribution in [0.15, 0.2) is 22.7 Å². The molecule has 0 aliphatic carbocycles. The lowest BCUT2D eigenvalue weighted by molar-refractivity contribution is 0.286. The summed E-state index contributed by atoms with van der Waals surface area (Å²) in [6.45, 7) is 1.81. The van der Waals surface area contributed by atoms with E-state index in [1.807, 2.05) is 18.2 Å². The third-order valence-corrected chi connectivity index (χ3v) is 2.84. The first-order valence-corrected chi connectivity index (χ1v) is 5.66. The molecule has 78 valence electrons. The summed E-state index contributed by atoms with van der Waals surface area (Å²) >= 11 is 9.32. The van der Waals surface area contributed by atoms with Crippen LogP contribution in [0.25, 0.3) is 0 Å². The predicted molar refractivity (Wildman–Crippen MR) is 62.6 cm³/mol. The van der Waals surface area contributed by atoms with Gasteiger partial charge >= 0.3 is 0 Å². The number of aliphatic hydroxyl groups is 1. The van der Waals surface area contributed by atoms with Crippen LogP contribution < -0.4 is 5.32 Å². The number of halogens is 2. The SMILES string of the molecule is OCCCNCc1cc(Cl)ccc1Br. The molecule has 4 heteroatoms. The highest BCUT2D eigenvalue weighted by atomic mass is 79.9. The molecule has 0 bridgehead atoms. The zero-order valence-electron chi connectivity index (χ0n) is 7.76. The molecule has 0 fully saturated rings. The van der Waals surface area contributed by atoms with Crippen molar-refractivity contribution in [1.29, 1.82) is 0 Å². The van der Waals surface area contributed by atoms with Gasteiger partial charge in [0.1, 0.15) is 0 Å². The molecular formula is C10H13BrClNO. The van der Waals surface area contributed by atoms with Gasteiger partial charge in [-0.1, -0.05) is 27.5 Å². The first-order chi connectivity index (χ1) is 6.74. The quantitative estimate of drug-likeness (QED) is 0.812. The summed E-state index contributed by atoms with van der Waals surface area (Å²) in [6.07, 6.45) is 0.776. The molecule has 0 spiro atoms. The summed E-state index contributed by atoms with van der Waals surface area (Å²) in [5.74, 6) is 0. The van der Waals surface area contributed by atoms with Gasteiger partial charge in [0, 0.05) is 22.6 Å². The Bertz CT molecular complexity index is 293. The third-order valence-electron chi connectivity index (χ3n) is 1.83. The highest BCUT2D eigenvalue weighted by Crippen LogP contribution is 2.20. The highest BCUT2D eigenvalue weighted by molar-refractivity contribution is 9.10. The van der Waals surface area contributed by atoms with Crippen molar-refractivity contribution in [2.24, 2.45) is 0 Å². The van der Waals surface area contributed by atoms with Crippen LogP contribution in [-0.4, -0.2) is 18.3 Å². The van der Waals surface area contributed by atoms with E-state index in [0.29, 0.717) is 0 Å². The lowest BCUT2D eigenvalue weighted by Gasteiger charge is -2.06. The van der Waals surface area contributed by atoms with Gasteiger partial charge in [0.05, 0.1) is 0 Å².